The molecule has 0 bridgehead atoms. The van der Waals surface area contributed by atoms with E-state index in [2.05, 4.69) is 19.4 Å². The van der Waals surface area contributed by atoms with Crippen molar-refractivity contribution < 1.29 is 12.9 Å². The molecule has 1 aromatic carbocycles. The number of aromatic nitrogens is 2. The van der Waals surface area contributed by atoms with Crippen LogP contribution >= 0.6 is 0 Å². The number of para-hydroxylation sites is 1. The summed E-state index contributed by atoms with van der Waals surface area (Å²) >= 11 is 0. The van der Waals surface area contributed by atoms with Gasteiger partial charge in [0, 0.05) is 17.6 Å². The Bertz CT molecular complexity index is 808. The summed E-state index contributed by atoms with van der Waals surface area (Å²) in [5.41, 5.74) is 0.418. The molecule has 3 aromatic rings. The minimum Gasteiger partial charge on any atom is -0.363 e. The van der Waals surface area contributed by atoms with E-state index in [9.17, 15) is 8.42 Å². The number of hydrogen-bond donors (Lipinski definition) is 1. The van der Waals surface area contributed by atoms with Crippen LogP contribution in [0.1, 0.15) is 0 Å². The average Bonchev–Trinajstić information content (AvgIpc) is 2.90. The predicted octanol–water partition coefficient (Wildman–Crippen LogP) is 2.02. The molecule has 0 aliphatic heterocycles. The van der Waals surface area contributed by atoms with Crippen LogP contribution in [0.15, 0.2) is 58.3 Å². The second-order valence-electron chi connectivity index (χ2n) is 3.82. The number of nitrogens with one attached hydrogen (secondary N) is 1. The highest BCUT2D eigenvalue weighted by molar-refractivity contribution is 7.93. The van der Waals surface area contributed by atoms with Crippen molar-refractivity contribution in [1.29, 1.82) is 0 Å². The Morgan fingerprint density at radius 3 is 2.74 bits per heavy atom. The van der Waals surface area contributed by atoms with Gasteiger partial charge in [-0.15, -0.1) is 0 Å². The van der Waals surface area contributed by atoms with Gasteiger partial charge in [-0.05, 0) is 12.1 Å². The molecule has 0 aliphatic carbocycles. The SMILES string of the molecule is O=S(=O)(Nc1ccon1)c1cccc2cccnc12. The molecule has 0 saturated carbocycles. The van der Waals surface area contributed by atoms with Crippen molar-refractivity contribution in [1.82, 2.24) is 10.1 Å². The largest absolute Gasteiger partial charge is 0.363 e. The van der Waals surface area contributed by atoms with Gasteiger partial charge in [0.15, 0.2) is 5.82 Å². The highest BCUT2D eigenvalue weighted by Crippen LogP contribution is 2.22. The molecular weight excluding hydrogens is 266 g/mol. The van der Waals surface area contributed by atoms with E-state index >= 15 is 0 Å². The Labute approximate surface area is 109 Å². The molecule has 0 atom stereocenters. The highest BCUT2D eigenvalue weighted by Gasteiger charge is 2.19. The summed E-state index contributed by atoms with van der Waals surface area (Å²) in [5.74, 6) is 0.132. The van der Waals surface area contributed by atoms with Gasteiger partial charge in [0.2, 0.25) is 0 Å². The lowest BCUT2D eigenvalue weighted by molar-refractivity contribution is 0.423. The Kier molecular flexibility index (Phi) is 2.68. The fraction of sp³-hybridized carbons (Fsp3) is 0. The number of hydrogen-bond acceptors (Lipinski definition) is 5. The fourth-order valence-corrected chi connectivity index (χ4v) is 2.92. The third kappa shape index (κ3) is 2.15. The molecule has 1 N–H and O–H groups in total. The van der Waals surface area contributed by atoms with Crippen LogP contribution in [0, 0.1) is 0 Å². The summed E-state index contributed by atoms with van der Waals surface area (Å²) in [5, 5.41) is 4.28. The predicted molar refractivity (Wildman–Crippen MR) is 69.1 cm³/mol. The molecule has 0 aliphatic rings. The number of sulfonamides is 1. The smallest absolute Gasteiger partial charge is 0.265 e. The summed E-state index contributed by atoms with van der Waals surface area (Å²) in [7, 11) is -3.74. The highest BCUT2D eigenvalue weighted by atomic mass is 32.2. The topological polar surface area (TPSA) is 85.1 Å². The van der Waals surface area contributed by atoms with Gasteiger partial charge in [-0.2, -0.15) is 0 Å². The number of rotatable bonds is 3. The van der Waals surface area contributed by atoms with Crippen LogP contribution in [0.4, 0.5) is 5.82 Å². The van der Waals surface area contributed by atoms with Crippen molar-refractivity contribution in [2.45, 2.75) is 4.90 Å². The van der Waals surface area contributed by atoms with Gasteiger partial charge in [-0.1, -0.05) is 23.4 Å². The lowest BCUT2D eigenvalue weighted by atomic mass is 10.2. The minimum absolute atomic E-state index is 0.105. The van der Waals surface area contributed by atoms with E-state index in [0.717, 1.165) is 5.39 Å². The third-order valence-corrected chi connectivity index (χ3v) is 3.95. The van der Waals surface area contributed by atoms with Gasteiger partial charge in [-0.25, -0.2) is 8.42 Å². The van der Waals surface area contributed by atoms with E-state index in [0.29, 0.717) is 5.52 Å². The normalized spacial score (nSPS) is 11.6. The molecule has 0 radical (unpaired) electrons. The number of benzene rings is 1. The first kappa shape index (κ1) is 11.7. The first-order chi connectivity index (χ1) is 9.17. The fourth-order valence-electron chi connectivity index (χ4n) is 1.75. The molecule has 3 rings (SSSR count). The molecular formula is C12H9N3O3S. The molecule has 0 amide bonds. The Balaban J connectivity index is 2.13. The van der Waals surface area contributed by atoms with Crippen LogP contribution in [0.2, 0.25) is 0 Å². The third-order valence-electron chi connectivity index (χ3n) is 2.56. The molecule has 2 heterocycles. The molecule has 96 valence electrons. The van der Waals surface area contributed by atoms with E-state index < -0.39 is 10.0 Å². The van der Waals surface area contributed by atoms with Gasteiger partial charge in [0.25, 0.3) is 10.0 Å². The zero-order valence-electron chi connectivity index (χ0n) is 9.65. The number of pyridine rings is 1. The maximum absolute atomic E-state index is 12.3. The van der Waals surface area contributed by atoms with Crippen LogP contribution < -0.4 is 4.72 Å². The molecule has 19 heavy (non-hydrogen) atoms. The Morgan fingerprint density at radius 2 is 1.95 bits per heavy atom. The summed E-state index contributed by atoms with van der Waals surface area (Å²) in [6, 6.07) is 9.95. The molecule has 2 aromatic heterocycles. The monoisotopic (exact) mass is 275 g/mol. The van der Waals surface area contributed by atoms with Crippen LogP contribution in [-0.4, -0.2) is 18.6 Å². The average molecular weight is 275 g/mol. The lowest BCUT2D eigenvalue weighted by Crippen LogP contribution is -2.13. The summed E-state index contributed by atoms with van der Waals surface area (Å²) in [6.45, 7) is 0. The molecule has 0 fully saturated rings. The maximum atomic E-state index is 12.3. The first-order valence-corrected chi connectivity index (χ1v) is 6.92. The van der Waals surface area contributed by atoms with E-state index in [4.69, 9.17) is 0 Å². The first-order valence-electron chi connectivity index (χ1n) is 5.44. The van der Waals surface area contributed by atoms with Crippen molar-refractivity contribution in [3.05, 3.63) is 48.9 Å². The zero-order chi connectivity index (χ0) is 13.3. The second kappa shape index (κ2) is 4.36. The van der Waals surface area contributed by atoms with Gasteiger partial charge in [0.05, 0.1) is 5.52 Å². The summed E-state index contributed by atoms with van der Waals surface area (Å²) in [6.07, 6.45) is 2.84. The number of anilines is 1. The lowest BCUT2D eigenvalue weighted by Gasteiger charge is -2.07. The van der Waals surface area contributed by atoms with Gasteiger partial charge in [-0.3, -0.25) is 9.71 Å². The molecule has 0 unspecified atom stereocenters. The maximum Gasteiger partial charge on any atom is 0.265 e. The number of nitrogens with zero attached hydrogens (tertiary/aromatic N) is 2. The van der Waals surface area contributed by atoms with Gasteiger partial charge in [0.1, 0.15) is 11.2 Å². The van der Waals surface area contributed by atoms with Crippen molar-refractivity contribution in [2.24, 2.45) is 0 Å². The van der Waals surface area contributed by atoms with E-state index in [1.54, 1.807) is 30.5 Å². The van der Waals surface area contributed by atoms with E-state index in [-0.39, 0.29) is 10.7 Å². The summed E-state index contributed by atoms with van der Waals surface area (Å²) < 4.78 is 31.5. The van der Waals surface area contributed by atoms with E-state index in [1.165, 1.54) is 18.4 Å². The van der Waals surface area contributed by atoms with Gasteiger partial charge < -0.3 is 4.52 Å². The molecule has 0 spiro atoms. The van der Waals surface area contributed by atoms with Crippen LogP contribution in [-0.2, 0) is 10.0 Å². The van der Waals surface area contributed by atoms with Crippen molar-refractivity contribution >= 4 is 26.7 Å². The summed E-state index contributed by atoms with van der Waals surface area (Å²) in [4.78, 5) is 4.22. The standard InChI is InChI=1S/C12H9N3O3S/c16-19(17,15-11-6-8-18-14-11)10-5-1-3-9-4-2-7-13-12(9)10/h1-8H,(H,14,15). The van der Waals surface area contributed by atoms with Crippen LogP contribution in [0.3, 0.4) is 0 Å². The van der Waals surface area contributed by atoms with Crippen LogP contribution in [0.5, 0.6) is 0 Å². The second-order valence-corrected chi connectivity index (χ2v) is 5.47. The molecule has 6 nitrogen and oxygen atoms in total. The zero-order valence-corrected chi connectivity index (χ0v) is 10.5. The molecule has 7 heteroatoms. The Morgan fingerprint density at radius 1 is 1.11 bits per heavy atom. The van der Waals surface area contributed by atoms with E-state index in [1.807, 2.05) is 0 Å². The number of fused-ring (bicyclic) bond motifs is 1. The van der Waals surface area contributed by atoms with Crippen molar-refractivity contribution in [2.75, 3.05) is 4.72 Å². The Hall–Kier alpha value is -2.41. The van der Waals surface area contributed by atoms with Crippen molar-refractivity contribution in [3.8, 4) is 0 Å². The minimum atomic E-state index is -3.74. The quantitative estimate of drug-likeness (QED) is 0.790. The van der Waals surface area contributed by atoms with Crippen LogP contribution in [0.25, 0.3) is 10.9 Å². The van der Waals surface area contributed by atoms with Crippen molar-refractivity contribution in [3.63, 3.8) is 0 Å². The van der Waals surface area contributed by atoms with Gasteiger partial charge >= 0.3 is 0 Å². The molecule has 0 saturated heterocycles.